The minimum absolute atomic E-state index is 0.0969. The Morgan fingerprint density at radius 1 is 1.03 bits per heavy atom. The van der Waals surface area contributed by atoms with E-state index in [2.05, 4.69) is 15.1 Å². The summed E-state index contributed by atoms with van der Waals surface area (Å²) in [6.07, 6.45) is 3.27. The molecule has 2 aromatic heterocycles. The van der Waals surface area contributed by atoms with Crippen molar-refractivity contribution in [3.63, 3.8) is 0 Å². The van der Waals surface area contributed by atoms with Crippen LogP contribution in [-0.2, 0) is 16.6 Å². The van der Waals surface area contributed by atoms with E-state index in [9.17, 15) is 17.2 Å². The molecule has 0 unspecified atom stereocenters. The number of hydrogen-bond acceptors (Lipinski definition) is 7. The summed E-state index contributed by atoms with van der Waals surface area (Å²) in [6.45, 7) is 1.26. The highest BCUT2D eigenvalue weighted by atomic mass is 32.2. The minimum atomic E-state index is -4.25. The Labute approximate surface area is 165 Å². The highest BCUT2D eigenvalue weighted by Gasteiger charge is 2.33. The molecule has 0 aliphatic carbocycles. The van der Waals surface area contributed by atoms with Gasteiger partial charge in [-0.25, -0.2) is 17.2 Å². The van der Waals surface area contributed by atoms with Gasteiger partial charge in [0.25, 0.3) is 0 Å². The van der Waals surface area contributed by atoms with Crippen LogP contribution in [0.3, 0.4) is 0 Å². The second-order valence-corrected chi connectivity index (χ2v) is 8.36. The van der Waals surface area contributed by atoms with E-state index in [-0.39, 0.29) is 13.1 Å². The average Bonchev–Trinajstić information content (AvgIpc) is 3.17. The van der Waals surface area contributed by atoms with Crippen LogP contribution in [0, 0.1) is 11.6 Å². The van der Waals surface area contributed by atoms with Crippen LogP contribution in [-0.4, -0.2) is 58.9 Å². The number of pyridine rings is 1. The van der Waals surface area contributed by atoms with Crippen LogP contribution in [0.15, 0.2) is 52.1 Å². The maximum absolute atomic E-state index is 13.9. The van der Waals surface area contributed by atoms with Gasteiger partial charge in [-0.1, -0.05) is 11.2 Å². The minimum Gasteiger partial charge on any atom is -0.338 e. The molecule has 1 aliphatic rings. The van der Waals surface area contributed by atoms with Crippen molar-refractivity contribution in [1.82, 2.24) is 24.3 Å². The Kier molecular flexibility index (Phi) is 5.35. The van der Waals surface area contributed by atoms with E-state index in [0.717, 1.165) is 28.1 Å². The normalized spacial score (nSPS) is 16.2. The first kappa shape index (κ1) is 19.6. The van der Waals surface area contributed by atoms with Crippen molar-refractivity contribution in [1.29, 1.82) is 0 Å². The molecule has 11 heteroatoms. The average molecular weight is 421 g/mol. The van der Waals surface area contributed by atoms with E-state index in [1.807, 2.05) is 11.0 Å². The van der Waals surface area contributed by atoms with E-state index in [0.29, 0.717) is 31.3 Å². The van der Waals surface area contributed by atoms with Gasteiger partial charge in [0.15, 0.2) is 4.90 Å². The van der Waals surface area contributed by atoms with Gasteiger partial charge >= 0.3 is 0 Å². The molecule has 0 spiro atoms. The van der Waals surface area contributed by atoms with Gasteiger partial charge in [0, 0.05) is 44.1 Å². The molecule has 1 saturated heterocycles. The molecule has 3 heterocycles. The topological polar surface area (TPSA) is 92.4 Å². The molecule has 0 radical (unpaired) electrons. The molecule has 0 bridgehead atoms. The summed E-state index contributed by atoms with van der Waals surface area (Å²) < 4.78 is 59.4. The molecule has 0 atom stereocenters. The Morgan fingerprint density at radius 2 is 1.76 bits per heavy atom. The van der Waals surface area contributed by atoms with Crippen molar-refractivity contribution >= 4 is 10.0 Å². The van der Waals surface area contributed by atoms with Crippen LogP contribution >= 0.6 is 0 Å². The van der Waals surface area contributed by atoms with Crippen LogP contribution < -0.4 is 0 Å². The zero-order valence-electron chi connectivity index (χ0n) is 15.2. The van der Waals surface area contributed by atoms with E-state index < -0.39 is 26.6 Å². The number of benzene rings is 1. The largest absolute Gasteiger partial charge is 0.338 e. The van der Waals surface area contributed by atoms with Crippen molar-refractivity contribution in [2.75, 3.05) is 26.2 Å². The first-order chi connectivity index (χ1) is 13.9. The van der Waals surface area contributed by atoms with Gasteiger partial charge in [-0.2, -0.15) is 9.29 Å². The standard InChI is InChI=1S/C18H17F2N5O3S/c19-14-4-1-5-15(20)17(14)29(26,27)25-9-7-24(8-10-25)12-16-22-18(23-28-16)13-3-2-6-21-11-13/h1-6,11H,7-10,12H2. The Hall–Kier alpha value is -2.76. The van der Waals surface area contributed by atoms with E-state index in [4.69, 9.17) is 4.52 Å². The molecule has 0 saturated carbocycles. The molecule has 1 fully saturated rings. The van der Waals surface area contributed by atoms with E-state index in [1.165, 1.54) is 0 Å². The van der Waals surface area contributed by atoms with Crippen molar-refractivity contribution in [2.45, 2.75) is 11.4 Å². The van der Waals surface area contributed by atoms with E-state index in [1.54, 1.807) is 18.5 Å². The maximum atomic E-state index is 13.9. The second-order valence-electron chi connectivity index (χ2n) is 6.48. The lowest BCUT2D eigenvalue weighted by molar-refractivity contribution is 0.163. The Morgan fingerprint density at radius 3 is 2.41 bits per heavy atom. The van der Waals surface area contributed by atoms with Gasteiger partial charge in [0.2, 0.25) is 21.7 Å². The lowest BCUT2D eigenvalue weighted by Gasteiger charge is -2.33. The van der Waals surface area contributed by atoms with Gasteiger partial charge < -0.3 is 4.52 Å². The zero-order valence-corrected chi connectivity index (χ0v) is 16.0. The molecule has 29 heavy (non-hydrogen) atoms. The maximum Gasteiger partial charge on any atom is 0.249 e. The number of sulfonamides is 1. The number of halogens is 2. The summed E-state index contributed by atoms with van der Waals surface area (Å²) in [5.41, 5.74) is 0.727. The monoisotopic (exact) mass is 421 g/mol. The van der Waals surface area contributed by atoms with Crippen molar-refractivity contribution in [2.24, 2.45) is 0 Å². The SMILES string of the molecule is O=S(=O)(c1c(F)cccc1F)N1CCN(Cc2nc(-c3cccnc3)no2)CC1. The quantitative estimate of drug-likeness (QED) is 0.621. The highest BCUT2D eigenvalue weighted by Crippen LogP contribution is 2.24. The second kappa shape index (κ2) is 7.93. The molecule has 8 nitrogen and oxygen atoms in total. The summed E-state index contributed by atoms with van der Waals surface area (Å²) >= 11 is 0. The molecular weight excluding hydrogens is 404 g/mol. The molecule has 152 valence electrons. The summed E-state index contributed by atoms with van der Waals surface area (Å²) in [4.78, 5) is 9.35. The molecule has 1 aromatic carbocycles. The Bertz CT molecular complexity index is 1080. The number of rotatable bonds is 5. The fourth-order valence-corrected chi connectivity index (χ4v) is 4.64. The fourth-order valence-electron chi connectivity index (χ4n) is 3.11. The van der Waals surface area contributed by atoms with Crippen molar-refractivity contribution in [3.8, 4) is 11.4 Å². The summed E-state index contributed by atoms with van der Waals surface area (Å²) in [7, 11) is -4.25. The van der Waals surface area contributed by atoms with Crippen LogP contribution in [0.25, 0.3) is 11.4 Å². The molecule has 4 rings (SSSR count). The van der Waals surface area contributed by atoms with Gasteiger partial charge in [-0.05, 0) is 24.3 Å². The molecular formula is C18H17F2N5O3S. The van der Waals surface area contributed by atoms with Gasteiger partial charge in [-0.15, -0.1) is 0 Å². The smallest absolute Gasteiger partial charge is 0.249 e. The Balaban J connectivity index is 1.41. The third kappa shape index (κ3) is 4.02. The summed E-state index contributed by atoms with van der Waals surface area (Å²) in [5, 5.41) is 3.92. The highest BCUT2D eigenvalue weighted by molar-refractivity contribution is 7.89. The lowest BCUT2D eigenvalue weighted by atomic mass is 10.3. The first-order valence-corrected chi connectivity index (χ1v) is 10.3. The predicted octanol–water partition coefficient (Wildman–Crippen LogP) is 1.92. The van der Waals surface area contributed by atoms with Crippen molar-refractivity contribution in [3.05, 3.63) is 60.3 Å². The lowest BCUT2D eigenvalue weighted by Crippen LogP contribution is -2.48. The molecule has 0 N–H and O–H groups in total. The number of nitrogens with zero attached hydrogens (tertiary/aromatic N) is 5. The summed E-state index contributed by atoms with van der Waals surface area (Å²) in [5.74, 6) is -1.38. The van der Waals surface area contributed by atoms with Gasteiger partial charge in [0.1, 0.15) is 11.6 Å². The molecule has 0 amide bonds. The predicted molar refractivity (Wildman–Crippen MR) is 97.9 cm³/mol. The van der Waals surface area contributed by atoms with Crippen LogP contribution in [0.2, 0.25) is 0 Å². The first-order valence-electron chi connectivity index (χ1n) is 8.84. The third-order valence-electron chi connectivity index (χ3n) is 4.59. The number of aromatic nitrogens is 3. The van der Waals surface area contributed by atoms with Crippen LogP contribution in [0.5, 0.6) is 0 Å². The van der Waals surface area contributed by atoms with Crippen molar-refractivity contribution < 1.29 is 21.7 Å². The molecule has 3 aromatic rings. The third-order valence-corrected chi connectivity index (χ3v) is 6.55. The fraction of sp³-hybridized carbons (Fsp3) is 0.278. The summed E-state index contributed by atoms with van der Waals surface area (Å²) in [6, 6.07) is 6.57. The number of piperazine rings is 1. The molecule has 1 aliphatic heterocycles. The van der Waals surface area contributed by atoms with Crippen LogP contribution in [0.1, 0.15) is 5.89 Å². The zero-order chi connectivity index (χ0) is 20.4. The van der Waals surface area contributed by atoms with Gasteiger partial charge in [0.05, 0.1) is 6.54 Å². The number of hydrogen-bond donors (Lipinski definition) is 0. The van der Waals surface area contributed by atoms with Crippen LogP contribution in [0.4, 0.5) is 8.78 Å². The van der Waals surface area contributed by atoms with Gasteiger partial charge in [-0.3, -0.25) is 9.88 Å². The van der Waals surface area contributed by atoms with E-state index >= 15 is 0 Å².